The minimum atomic E-state index is -0.823. The van der Waals surface area contributed by atoms with E-state index < -0.39 is 11.6 Å². The zero-order valence-corrected chi connectivity index (χ0v) is 21.3. The fraction of sp³-hybridized carbons (Fsp3) is 0.533. The Kier molecular flexibility index (Phi) is 9.49. The Hall–Kier alpha value is -2.31. The molecule has 36 heavy (non-hydrogen) atoms. The fourth-order valence-corrected chi connectivity index (χ4v) is 5.30. The zero-order chi connectivity index (χ0) is 25.5. The zero-order valence-electron chi connectivity index (χ0n) is 21.3. The second-order valence-corrected chi connectivity index (χ2v) is 10.0. The molecule has 0 aromatic heterocycles. The van der Waals surface area contributed by atoms with Crippen LogP contribution in [0.1, 0.15) is 86.8 Å². The number of hydrogen-bond donors (Lipinski definition) is 0. The van der Waals surface area contributed by atoms with E-state index >= 15 is 0 Å². The van der Waals surface area contributed by atoms with E-state index in [9.17, 15) is 13.2 Å². The van der Waals surface area contributed by atoms with Crippen LogP contribution in [0.15, 0.2) is 36.4 Å². The number of rotatable bonds is 9. The van der Waals surface area contributed by atoms with Crippen molar-refractivity contribution in [2.75, 3.05) is 20.3 Å². The summed E-state index contributed by atoms with van der Waals surface area (Å²) in [6.45, 7) is 2.82. The van der Waals surface area contributed by atoms with Gasteiger partial charge in [-0.1, -0.05) is 50.1 Å². The van der Waals surface area contributed by atoms with E-state index in [1.165, 1.54) is 7.11 Å². The van der Waals surface area contributed by atoms with Crippen LogP contribution in [0.4, 0.5) is 13.2 Å². The number of halogens is 3. The van der Waals surface area contributed by atoms with Crippen molar-refractivity contribution in [1.82, 2.24) is 0 Å². The summed E-state index contributed by atoms with van der Waals surface area (Å²) in [6.07, 6.45) is 11.3. The molecule has 1 saturated carbocycles. The van der Waals surface area contributed by atoms with Crippen LogP contribution in [0, 0.1) is 23.4 Å². The molecule has 196 valence electrons. The first-order valence-corrected chi connectivity index (χ1v) is 13.2. The van der Waals surface area contributed by atoms with Crippen LogP contribution in [0.5, 0.6) is 5.75 Å². The lowest BCUT2D eigenvalue weighted by Crippen LogP contribution is -2.31. The molecule has 2 aromatic carbocycles. The molecule has 0 N–H and O–H groups in total. The van der Waals surface area contributed by atoms with Gasteiger partial charge in [-0.05, 0) is 73.6 Å². The summed E-state index contributed by atoms with van der Waals surface area (Å²) in [5.41, 5.74) is 1.55. The molecule has 2 aliphatic rings. The highest BCUT2D eigenvalue weighted by atomic mass is 19.2. The van der Waals surface area contributed by atoms with Crippen LogP contribution in [0.3, 0.4) is 0 Å². The Morgan fingerprint density at radius 1 is 0.917 bits per heavy atom. The van der Waals surface area contributed by atoms with Gasteiger partial charge in [-0.25, -0.2) is 13.2 Å². The van der Waals surface area contributed by atoms with Gasteiger partial charge < -0.3 is 14.2 Å². The van der Waals surface area contributed by atoms with Crippen molar-refractivity contribution in [3.63, 3.8) is 0 Å². The quantitative estimate of drug-likeness (QED) is 0.324. The number of benzene rings is 2. The SMILES string of the molecule is CCCCCC1OCC(c2ccc(/C=C/C3CCC(c4ccc(OC)c(F)c4)CC3)c(F)c2F)CO1. The first kappa shape index (κ1) is 26.7. The van der Waals surface area contributed by atoms with Gasteiger partial charge in [0.15, 0.2) is 29.5 Å². The van der Waals surface area contributed by atoms with E-state index in [0.29, 0.717) is 24.7 Å². The average molecular weight is 503 g/mol. The molecule has 1 aliphatic carbocycles. The van der Waals surface area contributed by atoms with Gasteiger partial charge in [0.25, 0.3) is 0 Å². The molecule has 0 radical (unpaired) electrons. The summed E-state index contributed by atoms with van der Waals surface area (Å²) in [6, 6.07) is 8.46. The predicted octanol–water partition coefficient (Wildman–Crippen LogP) is 8.14. The number of unbranched alkanes of at least 4 members (excludes halogenated alkanes) is 2. The van der Waals surface area contributed by atoms with Crippen LogP contribution in [-0.4, -0.2) is 26.6 Å². The van der Waals surface area contributed by atoms with Crippen molar-refractivity contribution in [1.29, 1.82) is 0 Å². The topological polar surface area (TPSA) is 27.7 Å². The predicted molar refractivity (Wildman–Crippen MR) is 136 cm³/mol. The van der Waals surface area contributed by atoms with Gasteiger partial charge >= 0.3 is 0 Å². The maximum absolute atomic E-state index is 14.9. The molecule has 3 nitrogen and oxygen atoms in total. The Bertz CT molecular complexity index is 1020. The van der Waals surface area contributed by atoms with E-state index in [0.717, 1.165) is 56.9 Å². The molecule has 0 amide bonds. The van der Waals surface area contributed by atoms with Crippen molar-refractivity contribution in [2.24, 2.45) is 5.92 Å². The Balaban J connectivity index is 1.31. The van der Waals surface area contributed by atoms with Crippen molar-refractivity contribution >= 4 is 6.08 Å². The minimum absolute atomic E-state index is 0.248. The van der Waals surface area contributed by atoms with Crippen LogP contribution < -0.4 is 4.74 Å². The van der Waals surface area contributed by atoms with Gasteiger partial charge in [0.1, 0.15) is 0 Å². The lowest BCUT2D eigenvalue weighted by Gasteiger charge is -2.30. The number of methoxy groups -OCH3 is 1. The van der Waals surface area contributed by atoms with Gasteiger partial charge in [-0.3, -0.25) is 0 Å². The van der Waals surface area contributed by atoms with Gasteiger partial charge in [-0.2, -0.15) is 0 Å². The van der Waals surface area contributed by atoms with Crippen LogP contribution in [-0.2, 0) is 9.47 Å². The average Bonchev–Trinajstić information content (AvgIpc) is 2.90. The molecular formula is C30H37F3O3. The minimum Gasteiger partial charge on any atom is -0.494 e. The van der Waals surface area contributed by atoms with Crippen LogP contribution in [0.2, 0.25) is 0 Å². The van der Waals surface area contributed by atoms with E-state index in [1.54, 1.807) is 30.3 Å². The summed E-state index contributed by atoms with van der Waals surface area (Å²) in [7, 11) is 1.46. The van der Waals surface area contributed by atoms with Crippen molar-refractivity contribution in [3.05, 3.63) is 70.5 Å². The first-order valence-electron chi connectivity index (χ1n) is 13.2. The third-order valence-electron chi connectivity index (χ3n) is 7.56. The van der Waals surface area contributed by atoms with Gasteiger partial charge in [0.2, 0.25) is 0 Å². The molecular weight excluding hydrogens is 465 g/mol. The van der Waals surface area contributed by atoms with E-state index in [4.69, 9.17) is 14.2 Å². The smallest absolute Gasteiger partial charge is 0.166 e. The summed E-state index contributed by atoms with van der Waals surface area (Å²) in [5.74, 6) is -1.44. The third-order valence-corrected chi connectivity index (χ3v) is 7.56. The summed E-state index contributed by atoms with van der Waals surface area (Å²) >= 11 is 0. The lowest BCUT2D eigenvalue weighted by molar-refractivity contribution is -0.190. The first-order chi connectivity index (χ1) is 17.5. The molecule has 1 heterocycles. The molecule has 1 saturated heterocycles. The highest BCUT2D eigenvalue weighted by Gasteiger charge is 2.27. The highest BCUT2D eigenvalue weighted by molar-refractivity contribution is 5.52. The molecule has 6 heteroatoms. The third kappa shape index (κ3) is 6.51. The monoisotopic (exact) mass is 502 g/mol. The lowest BCUT2D eigenvalue weighted by atomic mass is 9.78. The molecule has 2 aromatic rings. The van der Waals surface area contributed by atoms with Crippen molar-refractivity contribution in [2.45, 2.75) is 76.4 Å². The molecule has 0 bridgehead atoms. The van der Waals surface area contributed by atoms with Crippen LogP contribution in [0.25, 0.3) is 6.08 Å². The molecule has 1 aliphatic heterocycles. The molecule has 4 rings (SSSR count). The second-order valence-electron chi connectivity index (χ2n) is 10.0. The standard InChI is InChI=1S/C30H37F3O3/c1-3-4-5-6-28-35-18-24(19-36-28)25-15-13-22(29(32)30(25)33)12-9-20-7-10-21(11-8-20)23-14-16-27(34-2)26(31)17-23/h9,12-17,20-21,24,28H,3-8,10-11,18-19H2,1-2H3/b12-9+. The fourth-order valence-electron chi connectivity index (χ4n) is 5.30. The number of hydrogen-bond acceptors (Lipinski definition) is 3. The maximum Gasteiger partial charge on any atom is 0.166 e. The van der Waals surface area contributed by atoms with Crippen molar-refractivity contribution in [3.8, 4) is 5.75 Å². The Morgan fingerprint density at radius 2 is 1.67 bits per heavy atom. The maximum atomic E-state index is 14.9. The Morgan fingerprint density at radius 3 is 2.33 bits per heavy atom. The summed E-state index contributed by atoms with van der Waals surface area (Å²) < 4.78 is 60.4. The highest BCUT2D eigenvalue weighted by Crippen LogP contribution is 2.38. The second kappa shape index (κ2) is 12.8. The number of allylic oxidation sites excluding steroid dienone is 1. The largest absolute Gasteiger partial charge is 0.494 e. The molecule has 0 unspecified atom stereocenters. The number of ether oxygens (including phenoxy) is 3. The van der Waals surface area contributed by atoms with E-state index in [-0.39, 0.29) is 35.3 Å². The molecule has 0 spiro atoms. The van der Waals surface area contributed by atoms with Gasteiger partial charge in [0, 0.05) is 11.5 Å². The van der Waals surface area contributed by atoms with E-state index in [2.05, 4.69) is 6.92 Å². The Labute approximate surface area is 212 Å². The van der Waals surface area contributed by atoms with E-state index in [1.807, 2.05) is 12.1 Å². The molecule has 0 atom stereocenters. The van der Waals surface area contributed by atoms with Gasteiger partial charge in [0.05, 0.1) is 20.3 Å². The summed E-state index contributed by atoms with van der Waals surface area (Å²) in [5, 5.41) is 0. The van der Waals surface area contributed by atoms with Crippen LogP contribution >= 0.6 is 0 Å². The summed E-state index contributed by atoms with van der Waals surface area (Å²) in [4.78, 5) is 0. The van der Waals surface area contributed by atoms with Crippen molar-refractivity contribution < 1.29 is 27.4 Å². The normalized spacial score (nSPS) is 24.8. The van der Waals surface area contributed by atoms with Gasteiger partial charge in [-0.15, -0.1) is 0 Å². The molecule has 2 fully saturated rings.